The summed E-state index contributed by atoms with van der Waals surface area (Å²) in [4.78, 5) is 14.0. The Bertz CT molecular complexity index is 2420. The zero-order chi connectivity index (χ0) is 38.7. The van der Waals surface area contributed by atoms with Gasteiger partial charge in [-0.2, -0.15) is 0 Å². The largest absolute Gasteiger partial charge is 0.498 e. The summed E-state index contributed by atoms with van der Waals surface area (Å²) >= 11 is 1.75. The summed E-state index contributed by atoms with van der Waals surface area (Å²) in [5.41, 5.74) is 8.51. The molecule has 49 heavy (non-hydrogen) atoms. The number of hydrogen-bond acceptors (Lipinski definition) is 5. The van der Waals surface area contributed by atoms with E-state index in [1.54, 1.807) is 35.6 Å². The van der Waals surface area contributed by atoms with E-state index in [-0.39, 0.29) is 31.1 Å². The van der Waals surface area contributed by atoms with E-state index in [9.17, 15) is 0 Å². The molecule has 0 saturated carbocycles. The van der Waals surface area contributed by atoms with Crippen molar-refractivity contribution in [3.8, 4) is 22.5 Å². The number of nitrogens with zero attached hydrogens (tertiary/aromatic N) is 3. The van der Waals surface area contributed by atoms with Gasteiger partial charge >= 0.3 is 0 Å². The predicted octanol–water partition coefficient (Wildman–Crippen LogP) is 12.2. The smallest absolute Gasteiger partial charge is 0.148 e. The Labute approximate surface area is 315 Å². The van der Waals surface area contributed by atoms with Crippen LogP contribution in [0.1, 0.15) is 95.4 Å². The number of furan rings is 1. The SMILES string of the molecule is Cc1cnc(-c2[c-]ccc3c2oc2c3ccc3sc(C(C)(C)C)nc32)cc1C(C)C.[2H]C([2H])([2H])c1c[c-]c(-c2ccc(C([2H])([2H])C(C)(C)C)cn2)cc1.[Ir]. The fourth-order valence-corrected chi connectivity index (χ4v) is 6.67. The van der Waals surface area contributed by atoms with Crippen LogP contribution in [0.4, 0.5) is 0 Å². The molecule has 0 aliphatic heterocycles. The van der Waals surface area contributed by atoms with Gasteiger partial charge in [0.1, 0.15) is 11.1 Å². The van der Waals surface area contributed by atoms with Crippen LogP contribution in [0.3, 0.4) is 0 Å². The van der Waals surface area contributed by atoms with E-state index in [1.807, 2.05) is 33.0 Å². The molecule has 0 aliphatic carbocycles. The molecule has 4 nitrogen and oxygen atoms in total. The standard InChI is InChI=1S/C26H25N2OS.C17H20N.Ir/c1-14(2)19-12-20(27-13-15(19)3)18-9-7-8-16-17-10-11-21-22(24(17)29-23(16)18)28-25(30-21)26(4,5)6;1-13-5-8-15(9-6-13)16-10-7-14(12-18-16)11-17(2,3)4;/h7-8,10-14H,1-6H3;5-8,10,12H,11H2,1-4H3;/q2*-1;/i;1D3,11D2;. The van der Waals surface area contributed by atoms with Crippen LogP contribution >= 0.6 is 11.3 Å². The molecule has 0 fully saturated rings. The summed E-state index contributed by atoms with van der Waals surface area (Å²) in [6.07, 6.45) is 1.99. The van der Waals surface area contributed by atoms with Gasteiger partial charge in [0.25, 0.3) is 0 Å². The van der Waals surface area contributed by atoms with Gasteiger partial charge in [0, 0.05) is 50.2 Å². The van der Waals surface area contributed by atoms with Crippen LogP contribution < -0.4 is 0 Å². The van der Waals surface area contributed by atoms with Gasteiger partial charge < -0.3 is 14.4 Å². The van der Waals surface area contributed by atoms with Crippen molar-refractivity contribution in [2.45, 2.75) is 86.9 Å². The van der Waals surface area contributed by atoms with Crippen LogP contribution in [-0.2, 0) is 31.9 Å². The monoisotopic (exact) mass is 849 g/mol. The van der Waals surface area contributed by atoms with E-state index in [4.69, 9.17) is 21.2 Å². The Morgan fingerprint density at radius 2 is 1.65 bits per heavy atom. The van der Waals surface area contributed by atoms with Crippen LogP contribution in [0.25, 0.3) is 54.7 Å². The Balaban J connectivity index is 0.000000212. The molecule has 0 unspecified atom stereocenters. The molecule has 4 aromatic heterocycles. The van der Waals surface area contributed by atoms with Gasteiger partial charge in [-0.1, -0.05) is 97.5 Å². The maximum absolute atomic E-state index is 8.25. The van der Waals surface area contributed by atoms with E-state index in [2.05, 4.69) is 82.9 Å². The summed E-state index contributed by atoms with van der Waals surface area (Å²) in [7, 11) is 0. The van der Waals surface area contributed by atoms with E-state index in [1.165, 1.54) is 23.4 Å². The third kappa shape index (κ3) is 8.04. The van der Waals surface area contributed by atoms with Gasteiger partial charge in [0.05, 0.1) is 15.3 Å². The van der Waals surface area contributed by atoms with E-state index < -0.39 is 18.6 Å². The van der Waals surface area contributed by atoms with Crippen LogP contribution in [0.15, 0.2) is 77.5 Å². The van der Waals surface area contributed by atoms with Crippen molar-refractivity contribution in [1.29, 1.82) is 0 Å². The molecule has 0 atom stereocenters. The number of pyridine rings is 2. The number of aryl methyl sites for hydroxylation is 2. The maximum atomic E-state index is 8.25. The minimum Gasteiger partial charge on any atom is -0.498 e. The van der Waals surface area contributed by atoms with Crippen molar-refractivity contribution < 1.29 is 31.4 Å². The molecule has 6 heteroatoms. The van der Waals surface area contributed by atoms with Crippen molar-refractivity contribution in [2.75, 3.05) is 0 Å². The van der Waals surface area contributed by atoms with Gasteiger partial charge in [-0.25, -0.2) is 4.98 Å². The number of thiazole rings is 1. The summed E-state index contributed by atoms with van der Waals surface area (Å²) in [5, 5.41) is 3.30. The number of aromatic nitrogens is 3. The van der Waals surface area contributed by atoms with Crippen LogP contribution in [0.5, 0.6) is 0 Å². The second-order valence-electron chi connectivity index (χ2n) is 14.6. The van der Waals surface area contributed by atoms with E-state index >= 15 is 0 Å². The first kappa shape index (κ1) is 30.2. The fourth-order valence-electron chi connectivity index (χ4n) is 5.64. The molecule has 1 radical (unpaired) electrons. The van der Waals surface area contributed by atoms with E-state index in [0.717, 1.165) is 48.4 Å². The third-order valence-electron chi connectivity index (χ3n) is 7.99. The van der Waals surface area contributed by atoms with Crippen molar-refractivity contribution in [1.82, 2.24) is 15.0 Å². The summed E-state index contributed by atoms with van der Waals surface area (Å²) in [6, 6.07) is 25.0. The maximum Gasteiger partial charge on any atom is 0.148 e. The zero-order valence-electron chi connectivity index (χ0n) is 34.5. The topological polar surface area (TPSA) is 51.8 Å². The minimum absolute atomic E-state index is 0. The van der Waals surface area contributed by atoms with Crippen molar-refractivity contribution >= 4 is 43.5 Å². The molecule has 255 valence electrons. The Morgan fingerprint density at radius 1 is 0.898 bits per heavy atom. The quantitative estimate of drug-likeness (QED) is 0.166. The normalized spacial score (nSPS) is 14.0. The molecular weight excluding hydrogens is 799 g/mol. The number of rotatable bonds is 4. The second-order valence-corrected chi connectivity index (χ2v) is 15.7. The molecule has 7 rings (SSSR count). The molecule has 0 saturated heterocycles. The molecule has 3 aromatic carbocycles. The Kier molecular flexibility index (Phi) is 8.78. The van der Waals surface area contributed by atoms with Gasteiger partial charge in [-0.3, -0.25) is 0 Å². The van der Waals surface area contributed by atoms with Crippen molar-refractivity contribution in [3.63, 3.8) is 0 Å². The van der Waals surface area contributed by atoms with Gasteiger partial charge in [-0.15, -0.1) is 64.9 Å². The van der Waals surface area contributed by atoms with Crippen LogP contribution in [-0.4, -0.2) is 15.0 Å². The van der Waals surface area contributed by atoms with Crippen LogP contribution in [0, 0.1) is 31.3 Å². The third-order valence-corrected chi connectivity index (χ3v) is 9.44. The molecule has 4 heterocycles. The fraction of sp³-hybridized carbons (Fsp3) is 0.326. The summed E-state index contributed by atoms with van der Waals surface area (Å²) < 4.78 is 46.2. The average molecular weight is 849 g/mol. The van der Waals surface area contributed by atoms with Crippen molar-refractivity contribution in [2.24, 2.45) is 5.41 Å². The van der Waals surface area contributed by atoms with E-state index in [0.29, 0.717) is 22.7 Å². The zero-order valence-corrected chi connectivity index (χ0v) is 32.7. The van der Waals surface area contributed by atoms with Gasteiger partial charge in [0.2, 0.25) is 0 Å². The molecule has 0 spiro atoms. The molecule has 0 aliphatic rings. The van der Waals surface area contributed by atoms with Gasteiger partial charge in [-0.05, 0) is 58.8 Å². The molecule has 0 bridgehead atoms. The second kappa shape index (κ2) is 14.3. The molecule has 0 N–H and O–H groups in total. The number of hydrogen-bond donors (Lipinski definition) is 0. The Hall–Kier alpha value is -3.70. The average Bonchev–Trinajstić information content (AvgIpc) is 3.70. The molecule has 7 aromatic rings. The first-order valence-electron chi connectivity index (χ1n) is 18.8. The molecular formula is C43H45IrN3OS-2. The van der Waals surface area contributed by atoms with Crippen molar-refractivity contribution in [3.05, 3.63) is 112 Å². The Morgan fingerprint density at radius 3 is 2.29 bits per heavy atom. The minimum atomic E-state index is -2.14. The van der Waals surface area contributed by atoms with Gasteiger partial charge in [0.15, 0.2) is 0 Å². The summed E-state index contributed by atoms with van der Waals surface area (Å²) in [6.45, 7) is 16.5. The number of fused-ring (bicyclic) bond motifs is 5. The van der Waals surface area contributed by atoms with Crippen LogP contribution in [0.2, 0.25) is 0 Å². The number of benzene rings is 3. The first-order chi connectivity index (χ1) is 24.7. The summed E-state index contributed by atoms with van der Waals surface area (Å²) in [5.74, 6) is 0.437. The predicted molar refractivity (Wildman–Crippen MR) is 203 cm³/mol. The molecule has 0 amide bonds. The first-order valence-corrected chi connectivity index (χ1v) is 17.1.